The first-order chi connectivity index (χ1) is 8.99. The Hall–Kier alpha value is -0.290. The lowest BCUT2D eigenvalue weighted by Gasteiger charge is -2.39. The number of hydrogen-bond donors (Lipinski definition) is 1. The molecule has 0 saturated carbocycles. The second-order valence-corrected chi connectivity index (χ2v) is 7.48. The molecule has 1 heterocycles. The van der Waals surface area contributed by atoms with Crippen molar-refractivity contribution in [3.05, 3.63) is 34.6 Å². The summed E-state index contributed by atoms with van der Waals surface area (Å²) in [5.74, 6) is -0.298. The molecule has 1 aromatic rings. The molecule has 1 aromatic carbocycles. The van der Waals surface area contributed by atoms with Crippen molar-refractivity contribution in [1.82, 2.24) is 4.90 Å². The smallest absolute Gasteiger partial charge is 0.125 e. The first-order valence-corrected chi connectivity index (χ1v) is 7.87. The monoisotopic (exact) mass is 302 g/mol. The highest BCUT2D eigenvalue weighted by atomic mass is 35.5. The van der Waals surface area contributed by atoms with Crippen LogP contribution < -0.4 is 5.73 Å². The SMILES string of the molecule is CC1CN(C(CN)c2cc(F)cc(Cl)c2)CC(C)S1. The van der Waals surface area contributed by atoms with Gasteiger partial charge in [-0.2, -0.15) is 11.8 Å². The molecule has 2 nitrogen and oxygen atoms in total. The summed E-state index contributed by atoms with van der Waals surface area (Å²) >= 11 is 7.94. The predicted octanol–water partition coefficient (Wildman–Crippen LogP) is 3.30. The van der Waals surface area contributed by atoms with Gasteiger partial charge in [0, 0.05) is 41.2 Å². The van der Waals surface area contributed by atoms with E-state index in [9.17, 15) is 4.39 Å². The molecule has 106 valence electrons. The van der Waals surface area contributed by atoms with Crippen molar-refractivity contribution in [2.75, 3.05) is 19.6 Å². The molecule has 1 aliphatic heterocycles. The Morgan fingerprint density at radius 2 is 2.00 bits per heavy atom. The Labute approximate surface area is 123 Å². The molecule has 0 bridgehead atoms. The normalized spacial score (nSPS) is 26.4. The lowest BCUT2D eigenvalue weighted by atomic mass is 10.0. The third-order valence-corrected chi connectivity index (χ3v) is 4.83. The van der Waals surface area contributed by atoms with Crippen molar-refractivity contribution in [2.24, 2.45) is 5.73 Å². The molecule has 0 radical (unpaired) electrons. The Balaban J connectivity index is 2.23. The van der Waals surface area contributed by atoms with Gasteiger partial charge in [-0.1, -0.05) is 25.4 Å². The van der Waals surface area contributed by atoms with E-state index in [2.05, 4.69) is 18.7 Å². The van der Waals surface area contributed by atoms with Gasteiger partial charge in [-0.25, -0.2) is 4.39 Å². The summed E-state index contributed by atoms with van der Waals surface area (Å²) < 4.78 is 13.5. The fourth-order valence-electron chi connectivity index (χ4n) is 2.74. The summed E-state index contributed by atoms with van der Waals surface area (Å²) in [4.78, 5) is 2.34. The van der Waals surface area contributed by atoms with Gasteiger partial charge in [0.25, 0.3) is 0 Å². The Morgan fingerprint density at radius 3 is 2.53 bits per heavy atom. The molecule has 3 unspecified atom stereocenters. The highest BCUT2D eigenvalue weighted by molar-refractivity contribution is 8.00. The van der Waals surface area contributed by atoms with E-state index in [0.717, 1.165) is 18.7 Å². The van der Waals surface area contributed by atoms with Crippen LogP contribution in [0.15, 0.2) is 18.2 Å². The molecule has 3 atom stereocenters. The maximum atomic E-state index is 13.5. The number of hydrogen-bond acceptors (Lipinski definition) is 3. The molecule has 1 saturated heterocycles. The van der Waals surface area contributed by atoms with Crippen LogP contribution in [0.1, 0.15) is 25.5 Å². The maximum Gasteiger partial charge on any atom is 0.125 e. The molecule has 2 rings (SSSR count). The largest absolute Gasteiger partial charge is 0.329 e. The van der Waals surface area contributed by atoms with E-state index in [0.29, 0.717) is 22.1 Å². The minimum absolute atomic E-state index is 0.0407. The summed E-state index contributed by atoms with van der Waals surface area (Å²) in [5.41, 5.74) is 6.79. The van der Waals surface area contributed by atoms with Crippen molar-refractivity contribution in [2.45, 2.75) is 30.4 Å². The van der Waals surface area contributed by atoms with Crippen molar-refractivity contribution in [3.8, 4) is 0 Å². The van der Waals surface area contributed by atoms with Gasteiger partial charge in [-0.15, -0.1) is 0 Å². The second-order valence-electron chi connectivity index (χ2n) is 5.17. The molecule has 1 aliphatic rings. The number of thioether (sulfide) groups is 1. The van der Waals surface area contributed by atoms with Gasteiger partial charge >= 0.3 is 0 Å². The fraction of sp³-hybridized carbons (Fsp3) is 0.571. The van der Waals surface area contributed by atoms with Gasteiger partial charge in [0.2, 0.25) is 0 Å². The molecule has 0 aromatic heterocycles. The first-order valence-electron chi connectivity index (χ1n) is 6.55. The van der Waals surface area contributed by atoms with Gasteiger partial charge in [-0.3, -0.25) is 4.90 Å². The third kappa shape index (κ3) is 3.85. The highest BCUT2D eigenvalue weighted by Gasteiger charge is 2.28. The van der Waals surface area contributed by atoms with Gasteiger partial charge in [0.15, 0.2) is 0 Å². The Kier molecular flexibility index (Phi) is 5.12. The van der Waals surface area contributed by atoms with E-state index < -0.39 is 0 Å². The van der Waals surface area contributed by atoms with Crippen LogP contribution in [-0.4, -0.2) is 35.0 Å². The molecule has 1 fully saturated rings. The summed E-state index contributed by atoms with van der Waals surface area (Å²) in [7, 11) is 0. The molecule has 19 heavy (non-hydrogen) atoms. The quantitative estimate of drug-likeness (QED) is 0.929. The molecule has 0 aliphatic carbocycles. The summed E-state index contributed by atoms with van der Waals surface area (Å²) in [5, 5.41) is 1.57. The zero-order chi connectivity index (χ0) is 14.0. The number of nitrogens with zero attached hydrogens (tertiary/aromatic N) is 1. The Morgan fingerprint density at radius 1 is 1.37 bits per heavy atom. The van der Waals surface area contributed by atoms with Crippen LogP contribution in [0.5, 0.6) is 0 Å². The van der Waals surface area contributed by atoms with Crippen LogP contribution in [0.3, 0.4) is 0 Å². The minimum Gasteiger partial charge on any atom is -0.329 e. The van der Waals surface area contributed by atoms with Crippen LogP contribution in [0.2, 0.25) is 5.02 Å². The summed E-state index contributed by atoms with van der Waals surface area (Å²) in [6.45, 7) is 6.87. The predicted molar refractivity (Wildman–Crippen MR) is 81.3 cm³/mol. The van der Waals surface area contributed by atoms with Gasteiger partial charge in [0.05, 0.1) is 0 Å². The third-order valence-electron chi connectivity index (χ3n) is 3.38. The molecule has 0 amide bonds. The average Bonchev–Trinajstić information content (AvgIpc) is 2.27. The van der Waals surface area contributed by atoms with Crippen LogP contribution in [-0.2, 0) is 0 Å². The summed E-state index contributed by atoms with van der Waals surface area (Å²) in [6, 6.07) is 4.73. The molecular weight excluding hydrogens is 283 g/mol. The number of halogens is 2. The maximum absolute atomic E-state index is 13.5. The molecular formula is C14H20ClFN2S. The fourth-order valence-corrected chi connectivity index (χ4v) is 4.31. The van der Waals surface area contributed by atoms with E-state index in [4.69, 9.17) is 17.3 Å². The van der Waals surface area contributed by atoms with Crippen molar-refractivity contribution >= 4 is 23.4 Å². The van der Waals surface area contributed by atoms with Crippen molar-refractivity contribution in [3.63, 3.8) is 0 Å². The standard InChI is InChI=1S/C14H20ClFN2S/c1-9-7-18(8-10(2)19-9)14(6-17)11-3-12(15)5-13(16)4-11/h3-5,9-10,14H,6-8,17H2,1-2H3. The average molecular weight is 303 g/mol. The van der Waals surface area contributed by atoms with Crippen LogP contribution in [0.4, 0.5) is 4.39 Å². The van der Waals surface area contributed by atoms with Crippen molar-refractivity contribution in [1.29, 1.82) is 0 Å². The van der Waals surface area contributed by atoms with Crippen LogP contribution in [0.25, 0.3) is 0 Å². The highest BCUT2D eigenvalue weighted by Crippen LogP contribution is 2.31. The number of benzene rings is 1. The van der Waals surface area contributed by atoms with Crippen LogP contribution >= 0.6 is 23.4 Å². The van der Waals surface area contributed by atoms with E-state index in [1.165, 1.54) is 6.07 Å². The molecule has 5 heteroatoms. The molecule has 2 N–H and O–H groups in total. The molecule has 0 spiro atoms. The van der Waals surface area contributed by atoms with Gasteiger partial charge in [0.1, 0.15) is 5.82 Å². The topological polar surface area (TPSA) is 29.3 Å². The number of rotatable bonds is 3. The number of nitrogens with two attached hydrogens (primary N) is 1. The lowest BCUT2D eigenvalue weighted by Crippen LogP contribution is -2.44. The van der Waals surface area contributed by atoms with E-state index >= 15 is 0 Å². The summed E-state index contributed by atoms with van der Waals surface area (Å²) in [6.07, 6.45) is 0. The lowest BCUT2D eigenvalue weighted by molar-refractivity contribution is 0.199. The van der Waals surface area contributed by atoms with E-state index in [1.54, 1.807) is 6.07 Å². The Bertz CT molecular complexity index is 413. The van der Waals surface area contributed by atoms with Crippen molar-refractivity contribution < 1.29 is 4.39 Å². The zero-order valence-corrected chi connectivity index (χ0v) is 12.8. The minimum atomic E-state index is -0.298. The first kappa shape index (κ1) is 15.1. The van der Waals surface area contributed by atoms with E-state index in [1.807, 2.05) is 17.8 Å². The van der Waals surface area contributed by atoms with Crippen LogP contribution in [0, 0.1) is 5.82 Å². The zero-order valence-electron chi connectivity index (χ0n) is 11.3. The van der Waals surface area contributed by atoms with Gasteiger partial charge < -0.3 is 5.73 Å². The second kappa shape index (κ2) is 6.44. The van der Waals surface area contributed by atoms with Gasteiger partial charge in [-0.05, 0) is 23.8 Å². The van der Waals surface area contributed by atoms with E-state index in [-0.39, 0.29) is 11.9 Å².